The minimum Gasteiger partial charge on any atom is -0.487 e. The Bertz CT molecular complexity index is 452. The molecule has 6 heteroatoms. The molecule has 0 N–H and O–H groups in total. The fourth-order valence-electron chi connectivity index (χ4n) is 1.73. The Labute approximate surface area is 129 Å². The number of hydrogen-bond acceptors (Lipinski definition) is 3. The van der Waals surface area contributed by atoms with Gasteiger partial charge in [-0.3, -0.25) is 10.1 Å². The van der Waals surface area contributed by atoms with Crippen LogP contribution in [0.4, 0.5) is 5.69 Å². The summed E-state index contributed by atoms with van der Waals surface area (Å²) in [6.45, 7) is 4.46. The lowest BCUT2D eigenvalue weighted by Crippen LogP contribution is -2.07. The molecule has 0 saturated heterocycles. The number of aryl methyl sites for hydroxylation is 1. The zero-order valence-electron chi connectivity index (χ0n) is 11.0. The molecule has 0 radical (unpaired) electrons. The highest BCUT2D eigenvalue weighted by atomic mass is 79.9. The van der Waals surface area contributed by atoms with Crippen LogP contribution in [0.1, 0.15) is 25.3 Å². The van der Waals surface area contributed by atoms with Gasteiger partial charge < -0.3 is 4.74 Å². The van der Waals surface area contributed by atoms with E-state index in [4.69, 9.17) is 4.74 Å². The van der Waals surface area contributed by atoms with Crippen LogP contribution in [0.5, 0.6) is 5.75 Å². The van der Waals surface area contributed by atoms with Crippen LogP contribution < -0.4 is 4.74 Å². The standard InChI is InChI=1S/C13H17Br2NO3/c1-9(3-5-14)4-6-19-13-10(2)7-11(15)8-12(13)16(17)18/h7-9H,3-6H2,1-2H3. The molecular formula is C13H17Br2NO3. The van der Waals surface area contributed by atoms with Gasteiger partial charge in [-0.2, -0.15) is 0 Å². The molecule has 0 heterocycles. The Balaban J connectivity index is 2.75. The molecule has 1 unspecified atom stereocenters. The average Bonchev–Trinajstić information content (AvgIpc) is 2.31. The second kappa shape index (κ2) is 7.85. The second-order valence-corrected chi connectivity index (χ2v) is 6.26. The fraction of sp³-hybridized carbons (Fsp3) is 0.538. The first-order valence-electron chi connectivity index (χ1n) is 6.09. The highest BCUT2D eigenvalue weighted by molar-refractivity contribution is 9.10. The van der Waals surface area contributed by atoms with Gasteiger partial charge in [-0.25, -0.2) is 0 Å². The van der Waals surface area contributed by atoms with Gasteiger partial charge in [-0.1, -0.05) is 38.8 Å². The van der Waals surface area contributed by atoms with Crippen molar-refractivity contribution >= 4 is 37.5 Å². The molecule has 1 aromatic carbocycles. The molecule has 0 aliphatic carbocycles. The van der Waals surface area contributed by atoms with E-state index < -0.39 is 4.92 Å². The van der Waals surface area contributed by atoms with Crippen LogP contribution in [0.25, 0.3) is 0 Å². The van der Waals surface area contributed by atoms with E-state index in [-0.39, 0.29) is 5.69 Å². The average molecular weight is 395 g/mol. The van der Waals surface area contributed by atoms with Gasteiger partial charge in [0.05, 0.1) is 11.5 Å². The monoisotopic (exact) mass is 393 g/mol. The largest absolute Gasteiger partial charge is 0.487 e. The van der Waals surface area contributed by atoms with Crippen molar-refractivity contribution in [3.8, 4) is 5.75 Å². The summed E-state index contributed by atoms with van der Waals surface area (Å²) in [5.41, 5.74) is 0.786. The molecule has 0 fully saturated rings. The molecule has 0 saturated carbocycles. The van der Waals surface area contributed by atoms with Crippen LogP contribution >= 0.6 is 31.9 Å². The molecule has 1 atom stereocenters. The normalized spacial score (nSPS) is 12.2. The highest BCUT2D eigenvalue weighted by Crippen LogP contribution is 2.34. The first-order chi connectivity index (χ1) is 8.95. The Morgan fingerprint density at radius 2 is 2.11 bits per heavy atom. The van der Waals surface area contributed by atoms with Gasteiger partial charge in [0, 0.05) is 15.9 Å². The third kappa shape index (κ3) is 5.10. The van der Waals surface area contributed by atoms with E-state index in [0.29, 0.717) is 22.7 Å². The summed E-state index contributed by atoms with van der Waals surface area (Å²) < 4.78 is 6.31. The molecule has 1 aromatic rings. The summed E-state index contributed by atoms with van der Waals surface area (Å²) in [4.78, 5) is 10.6. The summed E-state index contributed by atoms with van der Waals surface area (Å²) in [5, 5.41) is 12.0. The van der Waals surface area contributed by atoms with Crippen LogP contribution in [0.2, 0.25) is 0 Å². The summed E-state index contributed by atoms with van der Waals surface area (Å²) in [6.07, 6.45) is 1.96. The van der Waals surface area contributed by atoms with Gasteiger partial charge in [-0.05, 0) is 37.3 Å². The number of hydrogen-bond donors (Lipinski definition) is 0. The van der Waals surface area contributed by atoms with Crippen molar-refractivity contribution in [2.75, 3.05) is 11.9 Å². The van der Waals surface area contributed by atoms with Crippen LogP contribution in [0.3, 0.4) is 0 Å². The van der Waals surface area contributed by atoms with Gasteiger partial charge >= 0.3 is 5.69 Å². The van der Waals surface area contributed by atoms with Crippen molar-refractivity contribution < 1.29 is 9.66 Å². The predicted molar refractivity (Wildman–Crippen MR) is 83.2 cm³/mol. The van der Waals surface area contributed by atoms with Crippen molar-refractivity contribution in [3.63, 3.8) is 0 Å². The summed E-state index contributed by atoms with van der Waals surface area (Å²) in [7, 11) is 0. The lowest BCUT2D eigenvalue weighted by molar-refractivity contribution is -0.386. The number of benzene rings is 1. The third-order valence-corrected chi connectivity index (χ3v) is 3.79. The molecule has 1 rings (SSSR count). The van der Waals surface area contributed by atoms with Crippen molar-refractivity contribution in [1.82, 2.24) is 0 Å². The molecule has 0 amide bonds. The number of rotatable bonds is 7. The molecule has 106 valence electrons. The molecular weight excluding hydrogens is 378 g/mol. The summed E-state index contributed by atoms with van der Waals surface area (Å²) in [5.74, 6) is 0.911. The van der Waals surface area contributed by atoms with Gasteiger partial charge in [0.25, 0.3) is 0 Å². The van der Waals surface area contributed by atoms with Crippen LogP contribution in [0.15, 0.2) is 16.6 Å². The van der Waals surface area contributed by atoms with Gasteiger partial charge in [0.15, 0.2) is 5.75 Å². The van der Waals surface area contributed by atoms with Crippen molar-refractivity contribution in [2.45, 2.75) is 26.7 Å². The number of ether oxygens (including phenoxy) is 1. The molecule has 0 spiro atoms. The van der Waals surface area contributed by atoms with Crippen molar-refractivity contribution in [3.05, 3.63) is 32.3 Å². The van der Waals surface area contributed by atoms with Crippen LogP contribution in [-0.2, 0) is 0 Å². The van der Waals surface area contributed by atoms with E-state index in [9.17, 15) is 10.1 Å². The van der Waals surface area contributed by atoms with E-state index in [0.717, 1.165) is 23.7 Å². The van der Waals surface area contributed by atoms with Crippen molar-refractivity contribution in [1.29, 1.82) is 0 Å². The number of nitro benzene ring substituents is 1. The summed E-state index contributed by atoms with van der Waals surface area (Å²) in [6, 6.07) is 3.30. The molecule has 19 heavy (non-hydrogen) atoms. The van der Waals surface area contributed by atoms with E-state index in [1.165, 1.54) is 6.07 Å². The number of nitrogens with zero attached hydrogens (tertiary/aromatic N) is 1. The minimum absolute atomic E-state index is 0.0139. The highest BCUT2D eigenvalue weighted by Gasteiger charge is 2.19. The Morgan fingerprint density at radius 1 is 1.42 bits per heavy atom. The zero-order chi connectivity index (χ0) is 14.4. The maximum atomic E-state index is 11.0. The SMILES string of the molecule is Cc1cc(Br)cc([N+](=O)[O-])c1OCCC(C)CCBr. The van der Waals surface area contributed by atoms with Crippen LogP contribution in [-0.4, -0.2) is 16.9 Å². The molecule has 0 aliphatic rings. The molecule has 0 bridgehead atoms. The van der Waals surface area contributed by atoms with E-state index >= 15 is 0 Å². The molecule has 4 nitrogen and oxygen atoms in total. The van der Waals surface area contributed by atoms with E-state index in [1.807, 2.05) is 13.0 Å². The van der Waals surface area contributed by atoms with Gasteiger partial charge in [0.2, 0.25) is 0 Å². The molecule has 0 aromatic heterocycles. The number of halogens is 2. The predicted octanol–water partition coefficient (Wildman–Crippen LogP) is 4.86. The van der Waals surface area contributed by atoms with Gasteiger partial charge in [-0.15, -0.1) is 0 Å². The smallest absolute Gasteiger partial charge is 0.312 e. The van der Waals surface area contributed by atoms with Gasteiger partial charge in [0.1, 0.15) is 0 Å². The Morgan fingerprint density at radius 3 is 2.68 bits per heavy atom. The van der Waals surface area contributed by atoms with Crippen LogP contribution in [0, 0.1) is 23.0 Å². The number of nitro groups is 1. The molecule has 0 aliphatic heterocycles. The van der Waals surface area contributed by atoms with E-state index in [2.05, 4.69) is 38.8 Å². The maximum absolute atomic E-state index is 11.0. The number of alkyl halides is 1. The Kier molecular flexibility index (Phi) is 6.79. The van der Waals surface area contributed by atoms with E-state index in [1.54, 1.807) is 0 Å². The Hall–Kier alpha value is -0.620. The third-order valence-electron chi connectivity index (χ3n) is 2.88. The summed E-state index contributed by atoms with van der Waals surface area (Å²) >= 11 is 6.66. The minimum atomic E-state index is -0.408. The topological polar surface area (TPSA) is 52.4 Å². The lowest BCUT2D eigenvalue weighted by atomic mass is 10.1. The first-order valence-corrected chi connectivity index (χ1v) is 8.00. The fourth-order valence-corrected chi connectivity index (χ4v) is 3.07. The quantitative estimate of drug-likeness (QED) is 0.377. The van der Waals surface area contributed by atoms with Crippen molar-refractivity contribution in [2.24, 2.45) is 5.92 Å². The first kappa shape index (κ1) is 16.4. The lowest BCUT2D eigenvalue weighted by Gasteiger charge is -2.13. The maximum Gasteiger partial charge on any atom is 0.312 e. The second-order valence-electron chi connectivity index (χ2n) is 4.55. The zero-order valence-corrected chi connectivity index (χ0v) is 14.2.